The molecule has 1 fully saturated rings. The summed E-state index contributed by atoms with van der Waals surface area (Å²) in [7, 11) is 0. The van der Waals surface area contributed by atoms with Gasteiger partial charge in [-0.15, -0.1) is 11.8 Å². The van der Waals surface area contributed by atoms with Crippen molar-refractivity contribution in [1.82, 2.24) is 10.2 Å². The Kier molecular flexibility index (Phi) is 6.99. The van der Waals surface area contributed by atoms with Crippen LogP contribution in [0.5, 0.6) is 0 Å². The lowest BCUT2D eigenvalue weighted by molar-refractivity contribution is -0.152. The molecule has 0 aliphatic carbocycles. The molecule has 2 heterocycles. The fourth-order valence-electron chi connectivity index (χ4n) is 2.98. The van der Waals surface area contributed by atoms with E-state index in [-0.39, 0.29) is 30.2 Å². The van der Waals surface area contributed by atoms with Crippen LogP contribution in [0.2, 0.25) is 0 Å². The second-order valence-corrected chi connectivity index (χ2v) is 8.49. The minimum Gasteiger partial charge on any atom is -0.460 e. The number of halogens is 2. The number of carbonyl (C=O) groups excluding carboxylic acids is 3. The Balaban J connectivity index is 1.68. The molecular weight excluding hydrogens is 500 g/mol. The fourth-order valence-corrected chi connectivity index (χ4v) is 5.21. The van der Waals surface area contributed by atoms with E-state index in [4.69, 9.17) is 4.74 Å². The number of esters is 1. The molecular formula is C18H18Br2N2O4S. The third-order valence-electron chi connectivity index (χ3n) is 4.24. The number of thioether (sulfide) groups is 1. The molecule has 1 aromatic rings. The first-order valence-corrected chi connectivity index (χ1v) is 11.6. The molecule has 2 atom stereocenters. The maximum Gasteiger partial charge on any atom is 0.355 e. The highest BCUT2D eigenvalue weighted by molar-refractivity contribution is 9.09. The third-order valence-corrected chi connectivity index (χ3v) is 6.58. The summed E-state index contributed by atoms with van der Waals surface area (Å²) in [5.41, 5.74) is 2.00. The van der Waals surface area contributed by atoms with Gasteiger partial charge in [-0.25, -0.2) is 4.79 Å². The molecule has 0 aromatic heterocycles. The molecule has 2 amide bonds. The summed E-state index contributed by atoms with van der Waals surface area (Å²) in [6.07, 6.45) is 0.213. The first-order valence-electron chi connectivity index (χ1n) is 8.36. The molecule has 0 saturated carbocycles. The number of alkyl halides is 2. The van der Waals surface area contributed by atoms with Crippen LogP contribution in [0.25, 0.3) is 0 Å². The fraction of sp³-hybridized carbons (Fsp3) is 0.389. The number of fused-ring (bicyclic) bond motifs is 1. The zero-order chi connectivity index (χ0) is 19.4. The van der Waals surface area contributed by atoms with Gasteiger partial charge in [0.1, 0.15) is 23.7 Å². The van der Waals surface area contributed by atoms with Crippen molar-refractivity contribution in [3.05, 3.63) is 47.2 Å². The van der Waals surface area contributed by atoms with Crippen molar-refractivity contribution in [1.29, 1.82) is 0 Å². The van der Waals surface area contributed by atoms with E-state index in [0.29, 0.717) is 22.1 Å². The number of nitrogens with zero attached hydrogens (tertiary/aromatic N) is 1. The van der Waals surface area contributed by atoms with Crippen molar-refractivity contribution in [3.8, 4) is 0 Å². The van der Waals surface area contributed by atoms with Gasteiger partial charge in [0, 0.05) is 16.4 Å². The van der Waals surface area contributed by atoms with E-state index < -0.39 is 12.0 Å². The number of carbonyl (C=O) groups is 3. The number of hydrogen-bond acceptors (Lipinski definition) is 5. The summed E-state index contributed by atoms with van der Waals surface area (Å²) in [6.45, 7) is 0.231. The largest absolute Gasteiger partial charge is 0.460 e. The predicted octanol–water partition coefficient (Wildman–Crippen LogP) is 2.22. The molecule has 0 spiro atoms. The average Bonchev–Trinajstić information content (AvgIpc) is 2.69. The molecule has 2 aliphatic heterocycles. The van der Waals surface area contributed by atoms with Crippen LogP contribution in [0.3, 0.4) is 0 Å². The van der Waals surface area contributed by atoms with Gasteiger partial charge in [0.05, 0.1) is 6.42 Å². The molecule has 27 heavy (non-hydrogen) atoms. The Bertz CT molecular complexity index is 772. The molecule has 1 N–H and O–H groups in total. The molecule has 1 aromatic carbocycles. The highest BCUT2D eigenvalue weighted by Crippen LogP contribution is 2.41. The van der Waals surface area contributed by atoms with Crippen molar-refractivity contribution in [3.63, 3.8) is 0 Å². The highest BCUT2D eigenvalue weighted by Gasteiger charge is 2.54. The molecule has 6 nitrogen and oxygen atoms in total. The van der Waals surface area contributed by atoms with Crippen LogP contribution in [-0.4, -0.2) is 57.1 Å². The smallest absolute Gasteiger partial charge is 0.355 e. The molecule has 0 radical (unpaired) electrons. The van der Waals surface area contributed by atoms with Crippen LogP contribution in [0.4, 0.5) is 0 Å². The van der Waals surface area contributed by atoms with Gasteiger partial charge in [0.25, 0.3) is 5.91 Å². The van der Waals surface area contributed by atoms with Crippen LogP contribution in [0.1, 0.15) is 5.56 Å². The number of nitrogens with one attached hydrogen (secondary N) is 1. The third kappa shape index (κ3) is 4.41. The quantitative estimate of drug-likeness (QED) is 0.341. The van der Waals surface area contributed by atoms with Crippen molar-refractivity contribution < 1.29 is 19.1 Å². The van der Waals surface area contributed by atoms with Crippen LogP contribution in [0, 0.1) is 0 Å². The number of ether oxygens (including phenoxy) is 1. The lowest BCUT2D eigenvalue weighted by Gasteiger charge is -2.49. The SMILES string of the molecule is O=C(Cc1ccccc1)NC1C(=O)N2C(C(=O)OCCBr)=C(CBr)CS[C@@H]12. The molecule has 2 aliphatic rings. The Morgan fingerprint density at radius 2 is 2.00 bits per heavy atom. The van der Waals surface area contributed by atoms with Gasteiger partial charge in [0.15, 0.2) is 0 Å². The van der Waals surface area contributed by atoms with E-state index in [1.807, 2.05) is 30.3 Å². The minimum absolute atomic E-state index is 0.210. The summed E-state index contributed by atoms with van der Waals surface area (Å²) in [6, 6.07) is 8.74. The van der Waals surface area contributed by atoms with Gasteiger partial charge >= 0.3 is 5.97 Å². The molecule has 1 unspecified atom stereocenters. The predicted molar refractivity (Wildman–Crippen MR) is 111 cm³/mol. The van der Waals surface area contributed by atoms with Gasteiger partial charge in [-0.05, 0) is 11.1 Å². The highest BCUT2D eigenvalue weighted by atomic mass is 79.9. The minimum atomic E-state index is -0.623. The second kappa shape index (κ2) is 9.25. The molecule has 1 saturated heterocycles. The van der Waals surface area contributed by atoms with E-state index >= 15 is 0 Å². The normalized spacial score (nSPS) is 21.4. The summed E-state index contributed by atoms with van der Waals surface area (Å²) in [4.78, 5) is 38.8. The average molecular weight is 518 g/mol. The van der Waals surface area contributed by atoms with Gasteiger partial charge in [-0.1, -0.05) is 62.2 Å². The van der Waals surface area contributed by atoms with E-state index in [1.165, 1.54) is 16.7 Å². The lowest BCUT2D eigenvalue weighted by atomic mass is 10.0. The van der Waals surface area contributed by atoms with Crippen molar-refractivity contribution in [2.45, 2.75) is 17.8 Å². The zero-order valence-corrected chi connectivity index (χ0v) is 18.3. The van der Waals surface area contributed by atoms with Gasteiger partial charge in [-0.2, -0.15) is 0 Å². The van der Waals surface area contributed by atoms with E-state index in [1.54, 1.807) is 0 Å². The first-order chi connectivity index (χ1) is 13.1. The summed E-state index contributed by atoms with van der Waals surface area (Å²) >= 11 is 8.13. The lowest BCUT2D eigenvalue weighted by Crippen LogP contribution is -2.70. The summed E-state index contributed by atoms with van der Waals surface area (Å²) < 4.78 is 5.20. The van der Waals surface area contributed by atoms with E-state index in [9.17, 15) is 14.4 Å². The van der Waals surface area contributed by atoms with Crippen molar-refractivity contribution in [2.24, 2.45) is 0 Å². The van der Waals surface area contributed by atoms with E-state index in [2.05, 4.69) is 37.2 Å². The second-order valence-electron chi connectivity index (χ2n) is 6.03. The topological polar surface area (TPSA) is 75.7 Å². The number of β-lactam (4-membered cyclic amide) rings is 1. The zero-order valence-electron chi connectivity index (χ0n) is 14.3. The van der Waals surface area contributed by atoms with E-state index in [0.717, 1.165) is 11.1 Å². The van der Waals surface area contributed by atoms with Gasteiger partial charge < -0.3 is 10.1 Å². The number of rotatable bonds is 7. The molecule has 3 rings (SSSR count). The van der Waals surface area contributed by atoms with Crippen LogP contribution < -0.4 is 5.32 Å². The number of amides is 2. The van der Waals surface area contributed by atoms with Gasteiger partial charge in [0.2, 0.25) is 5.91 Å². The Labute approximate surface area is 178 Å². The van der Waals surface area contributed by atoms with Crippen LogP contribution in [-0.2, 0) is 25.5 Å². The van der Waals surface area contributed by atoms with Crippen molar-refractivity contribution >= 4 is 61.4 Å². The Morgan fingerprint density at radius 3 is 2.67 bits per heavy atom. The summed E-state index contributed by atoms with van der Waals surface area (Å²) in [5.74, 6) is -0.392. The molecule has 0 bridgehead atoms. The van der Waals surface area contributed by atoms with Crippen molar-refractivity contribution in [2.75, 3.05) is 23.0 Å². The van der Waals surface area contributed by atoms with Crippen LogP contribution in [0.15, 0.2) is 41.6 Å². The van der Waals surface area contributed by atoms with Crippen LogP contribution >= 0.6 is 43.6 Å². The number of hydrogen-bond donors (Lipinski definition) is 1. The number of benzene rings is 1. The standard InChI is InChI=1S/C18H18Br2N2O4S/c19-6-7-26-18(25)15-12(9-20)10-27-17-14(16(24)22(15)17)21-13(23)8-11-4-2-1-3-5-11/h1-5,14,17H,6-10H2,(H,21,23)/t14?,17-/m0/s1. The molecule has 9 heteroatoms. The molecule has 144 valence electrons. The maximum absolute atomic E-state index is 12.7. The Morgan fingerprint density at radius 1 is 1.26 bits per heavy atom. The maximum atomic E-state index is 12.7. The van der Waals surface area contributed by atoms with Gasteiger partial charge in [-0.3, -0.25) is 14.5 Å². The first kappa shape index (κ1) is 20.4. The summed E-state index contributed by atoms with van der Waals surface area (Å²) in [5, 5.41) is 3.53. The Hall–Kier alpha value is -1.32. The monoisotopic (exact) mass is 516 g/mol.